The van der Waals surface area contributed by atoms with Crippen molar-refractivity contribution in [2.45, 2.75) is 13.5 Å². The molecule has 1 aliphatic heterocycles. The number of carbonyl (C=O) groups is 3. The molecule has 5 rings (SSSR count). The maximum Gasteiger partial charge on any atom is 0.294 e. The second-order valence-corrected chi connectivity index (χ2v) is 9.57. The van der Waals surface area contributed by atoms with Gasteiger partial charge in [-0.3, -0.25) is 19.3 Å². The van der Waals surface area contributed by atoms with Crippen LogP contribution >= 0.6 is 11.8 Å². The molecule has 1 aromatic heterocycles. The molecule has 0 saturated carbocycles. The van der Waals surface area contributed by atoms with Crippen LogP contribution in [0.1, 0.15) is 16.7 Å². The van der Waals surface area contributed by atoms with E-state index >= 15 is 0 Å². The Balaban J connectivity index is 1.29. The Morgan fingerprint density at radius 3 is 2.61 bits per heavy atom. The summed E-state index contributed by atoms with van der Waals surface area (Å²) in [6.07, 6.45) is 3.59. The Kier molecular flexibility index (Phi) is 6.43. The van der Waals surface area contributed by atoms with Crippen molar-refractivity contribution in [3.63, 3.8) is 0 Å². The summed E-state index contributed by atoms with van der Waals surface area (Å²) < 4.78 is 15.6. The summed E-state index contributed by atoms with van der Waals surface area (Å²) in [6, 6.07) is 21.4. The van der Waals surface area contributed by atoms with Crippen LogP contribution in [0.4, 0.5) is 14.9 Å². The number of nitrogens with zero attached hydrogens (tertiary/aromatic N) is 2. The van der Waals surface area contributed by atoms with Crippen molar-refractivity contribution in [2.75, 3.05) is 11.9 Å². The minimum atomic E-state index is -0.493. The summed E-state index contributed by atoms with van der Waals surface area (Å²) in [5.74, 6) is -1.20. The summed E-state index contributed by atoms with van der Waals surface area (Å²) in [5, 5.41) is 3.18. The third-order valence-corrected chi connectivity index (χ3v) is 6.75. The van der Waals surface area contributed by atoms with E-state index in [1.807, 2.05) is 60.2 Å². The number of carbonyl (C=O) groups excluding carboxylic acids is 3. The van der Waals surface area contributed by atoms with E-state index in [0.717, 1.165) is 44.3 Å². The fraction of sp³-hybridized carbons (Fsp3) is 0.107. The summed E-state index contributed by atoms with van der Waals surface area (Å²) in [5.41, 5.74) is 4.26. The molecule has 0 unspecified atom stereocenters. The lowest BCUT2D eigenvalue weighted by Gasteiger charge is -2.12. The van der Waals surface area contributed by atoms with Gasteiger partial charge in [0, 0.05) is 29.3 Å². The van der Waals surface area contributed by atoms with Gasteiger partial charge in [0.1, 0.15) is 12.4 Å². The predicted octanol–water partition coefficient (Wildman–Crippen LogP) is 5.81. The van der Waals surface area contributed by atoms with Gasteiger partial charge in [0.2, 0.25) is 5.91 Å². The molecule has 1 fully saturated rings. The number of imide groups is 1. The van der Waals surface area contributed by atoms with Gasteiger partial charge < -0.3 is 9.88 Å². The Hall–Kier alpha value is -4.17. The molecule has 0 bridgehead atoms. The number of hydrogen-bond donors (Lipinski definition) is 1. The molecule has 0 aliphatic carbocycles. The maximum absolute atomic E-state index is 13.5. The molecule has 0 radical (unpaired) electrons. The van der Waals surface area contributed by atoms with E-state index in [1.165, 1.54) is 12.1 Å². The largest absolute Gasteiger partial charge is 0.343 e. The Morgan fingerprint density at radius 1 is 1.03 bits per heavy atom. The monoisotopic (exact) mass is 499 g/mol. The number of aryl methyl sites for hydroxylation is 1. The van der Waals surface area contributed by atoms with Gasteiger partial charge in [-0.2, -0.15) is 0 Å². The smallest absolute Gasteiger partial charge is 0.294 e. The predicted molar refractivity (Wildman–Crippen MR) is 140 cm³/mol. The van der Waals surface area contributed by atoms with Crippen molar-refractivity contribution in [1.82, 2.24) is 9.47 Å². The van der Waals surface area contributed by atoms with Crippen LogP contribution in [0.3, 0.4) is 0 Å². The van der Waals surface area contributed by atoms with Crippen LogP contribution in [0.15, 0.2) is 83.9 Å². The van der Waals surface area contributed by atoms with E-state index in [2.05, 4.69) is 5.32 Å². The molecule has 1 saturated heterocycles. The SMILES string of the molecule is Cc1ccc(NC(=O)CN2C(=O)S/C(=C/c3ccc4c(ccn4Cc4cccc(F)c4)c3)C2=O)cc1. The van der Waals surface area contributed by atoms with E-state index in [1.54, 1.807) is 24.3 Å². The van der Waals surface area contributed by atoms with Crippen molar-refractivity contribution in [3.8, 4) is 0 Å². The maximum atomic E-state index is 13.5. The second kappa shape index (κ2) is 9.83. The first kappa shape index (κ1) is 23.6. The first-order valence-corrected chi connectivity index (χ1v) is 12.1. The molecular weight excluding hydrogens is 477 g/mol. The molecule has 4 aromatic rings. The number of halogens is 1. The van der Waals surface area contributed by atoms with Crippen molar-refractivity contribution in [1.29, 1.82) is 0 Å². The van der Waals surface area contributed by atoms with Crippen molar-refractivity contribution in [3.05, 3.63) is 106 Å². The summed E-state index contributed by atoms with van der Waals surface area (Å²) in [6.45, 7) is 2.13. The highest BCUT2D eigenvalue weighted by molar-refractivity contribution is 8.18. The number of nitrogens with one attached hydrogen (secondary N) is 1. The van der Waals surface area contributed by atoms with Crippen molar-refractivity contribution >= 4 is 51.5 Å². The molecule has 0 spiro atoms. The van der Waals surface area contributed by atoms with Crippen LogP contribution in [0.25, 0.3) is 17.0 Å². The average molecular weight is 500 g/mol. The molecule has 1 aliphatic rings. The number of hydrogen-bond acceptors (Lipinski definition) is 4. The zero-order valence-electron chi connectivity index (χ0n) is 19.4. The molecule has 3 amide bonds. The lowest BCUT2D eigenvalue weighted by Crippen LogP contribution is -2.36. The van der Waals surface area contributed by atoms with Gasteiger partial charge in [-0.25, -0.2) is 4.39 Å². The molecular formula is C28H22FN3O3S. The van der Waals surface area contributed by atoms with E-state index in [-0.39, 0.29) is 17.3 Å². The Labute approximate surface area is 211 Å². The van der Waals surface area contributed by atoms with E-state index in [0.29, 0.717) is 12.2 Å². The third-order valence-electron chi connectivity index (χ3n) is 5.85. The topological polar surface area (TPSA) is 71.4 Å². The summed E-state index contributed by atoms with van der Waals surface area (Å²) in [4.78, 5) is 38.9. The molecule has 8 heteroatoms. The van der Waals surface area contributed by atoms with Crippen LogP contribution in [0, 0.1) is 12.7 Å². The number of thioether (sulfide) groups is 1. The number of amides is 3. The molecule has 180 valence electrons. The number of anilines is 1. The minimum Gasteiger partial charge on any atom is -0.343 e. The first-order chi connectivity index (χ1) is 17.4. The highest BCUT2D eigenvalue weighted by Gasteiger charge is 2.36. The van der Waals surface area contributed by atoms with Crippen LogP contribution in [0.5, 0.6) is 0 Å². The van der Waals surface area contributed by atoms with Gasteiger partial charge in [-0.15, -0.1) is 0 Å². The molecule has 1 N–H and O–H groups in total. The van der Waals surface area contributed by atoms with E-state index in [9.17, 15) is 18.8 Å². The molecule has 6 nitrogen and oxygen atoms in total. The molecule has 36 heavy (non-hydrogen) atoms. The molecule has 3 aromatic carbocycles. The van der Waals surface area contributed by atoms with Gasteiger partial charge in [0.15, 0.2) is 0 Å². The standard InChI is InChI=1S/C28H22FN3O3S/c1-18-5-8-23(9-6-18)30-26(33)17-32-27(34)25(36-28(32)35)15-19-7-10-24-21(13-19)11-12-31(24)16-20-3-2-4-22(29)14-20/h2-15H,16-17H2,1H3,(H,30,33)/b25-15+. The fourth-order valence-corrected chi connectivity index (χ4v) is 4.89. The quantitative estimate of drug-likeness (QED) is 0.340. The van der Waals surface area contributed by atoms with Gasteiger partial charge >= 0.3 is 0 Å². The van der Waals surface area contributed by atoms with Crippen LogP contribution < -0.4 is 5.32 Å². The first-order valence-electron chi connectivity index (χ1n) is 11.3. The van der Waals surface area contributed by atoms with Crippen LogP contribution in [-0.4, -0.2) is 33.1 Å². The summed E-state index contributed by atoms with van der Waals surface area (Å²) in [7, 11) is 0. The minimum absolute atomic E-state index is 0.265. The van der Waals surface area contributed by atoms with Crippen molar-refractivity contribution < 1.29 is 18.8 Å². The number of fused-ring (bicyclic) bond motifs is 1. The zero-order valence-corrected chi connectivity index (χ0v) is 20.2. The van der Waals surface area contributed by atoms with Gasteiger partial charge in [0.25, 0.3) is 11.1 Å². The molecule has 0 atom stereocenters. The normalized spacial score (nSPS) is 14.7. The van der Waals surface area contributed by atoms with Crippen LogP contribution in [0.2, 0.25) is 0 Å². The number of aromatic nitrogens is 1. The zero-order chi connectivity index (χ0) is 25.2. The number of benzene rings is 3. The molecule has 2 heterocycles. The fourth-order valence-electron chi connectivity index (χ4n) is 4.05. The van der Waals surface area contributed by atoms with Gasteiger partial charge in [0.05, 0.1) is 4.91 Å². The van der Waals surface area contributed by atoms with Gasteiger partial charge in [-0.1, -0.05) is 35.9 Å². The highest BCUT2D eigenvalue weighted by Crippen LogP contribution is 2.32. The van der Waals surface area contributed by atoms with Gasteiger partial charge in [-0.05, 0) is 78.4 Å². The van der Waals surface area contributed by atoms with Crippen molar-refractivity contribution in [2.24, 2.45) is 0 Å². The van der Waals surface area contributed by atoms with Crippen LogP contribution in [-0.2, 0) is 16.1 Å². The van der Waals surface area contributed by atoms with E-state index in [4.69, 9.17) is 0 Å². The highest BCUT2D eigenvalue weighted by atomic mass is 32.2. The average Bonchev–Trinajstić information content (AvgIpc) is 3.36. The Bertz CT molecular complexity index is 1520. The third kappa shape index (κ3) is 5.08. The second-order valence-electron chi connectivity index (χ2n) is 8.57. The lowest BCUT2D eigenvalue weighted by atomic mass is 10.1. The Morgan fingerprint density at radius 2 is 1.83 bits per heavy atom. The lowest BCUT2D eigenvalue weighted by molar-refractivity contribution is -0.127. The number of rotatable bonds is 6. The summed E-state index contributed by atoms with van der Waals surface area (Å²) >= 11 is 0.818. The van der Waals surface area contributed by atoms with E-state index < -0.39 is 17.1 Å².